The first-order chi connectivity index (χ1) is 17.8. The molecule has 7 nitrogen and oxygen atoms in total. The maximum absolute atomic E-state index is 14.0. The van der Waals surface area contributed by atoms with Crippen LogP contribution in [0.5, 0.6) is 0 Å². The Hall–Kier alpha value is -4.24. The third-order valence-electron chi connectivity index (χ3n) is 5.41. The van der Waals surface area contributed by atoms with Gasteiger partial charge in [0.15, 0.2) is 0 Å². The lowest BCUT2D eigenvalue weighted by Crippen LogP contribution is -2.41. The van der Waals surface area contributed by atoms with Gasteiger partial charge in [-0.15, -0.1) is 0 Å². The summed E-state index contributed by atoms with van der Waals surface area (Å²) in [6.45, 7) is 1.79. The number of nitrogens with one attached hydrogen (secondary N) is 2. The van der Waals surface area contributed by atoms with Crippen LogP contribution in [0.1, 0.15) is 13.3 Å². The van der Waals surface area contributed by atoms with Crippen molar-refractivity contribution >= 4 is 35.0 Å². The second kappa shape index (κ2) is 11.7. The SMILES string of the molecule is CCCN(CC(=O)Nc1cc(-c2ccccc2)nn1-c1ccc(Cl)cc1)C(=O)Nc1ccc(F)cc1F. The topological polar surface area (TPSA) is 79.3 Å². The summed E-state index contributed by atoms with van der Waals surface area (Å²) < 4.78 is 28.8. The van der Waals surface area contributed by atoms with Gasteiger partial charge in [-0.05, 0) is 42.8 Å². The van der Waals surface area contributed by atoms with Gasteiger partial charge in [0, 0.05) is 29.3 Å². The molecule has 0 aliphatic carbocycles. The number of aromatic nitrogens is 2. The highest BCUT2D eigenvalue weighted by atomic mass is 35.5. The van der Waals surface area contributed by atoms with Crippen LogP contribution in [0, 0.1) is 11.6 Å². The van der Waals surface area contributed by atoms with Gasteiger partial charge in [0.2, 0.25) is 5.91 Å². The Morgan fingerprint density at radius 1 is 0.973 bits per heavy atom. The van der Waals surface area contributed by atoms with E-state index in [2.05, 4.69) is 15.7 Å². The highest BCUT2D eigenvalue weighted by molar-refractivity contribution is 6.30. The van der Waals surface area contributed by atoms with Crippen LogP contribution in [0.3, 0.4) is 0 Å². The molecule has 0 radical (unpaired) electrons. The molecule has 1 aromatic heterocycles. The minimum absolute atomic E-state index is 0.179. The summed E-state index contributed by atoms with van der Waals surface area (Å²) in [5.74, 6) is -1.74. The van der Waals surface area contributed by atoms with Gasteiger partial charge in [-0.1, -0.05) is 48.9 Å². The van der Waals surface area contributed by atoms with Crippen molar-refractivity contribution in [2.75, 3.05) is 23.7 Å². The van der Waals surface area contributed by atoms with E-state index in [1.54, 1.807) is 35.0 Å². The molecule has 0 unspecified atom stereocenters. The van der Waals surface area contributed by atoms with E-state index >= 15 is 0 Å². The molecule has 0 spiro atoms. The summed E-state index contributed by atoms with van der Waals surface area (Å²) in [6, 6.07) is 20.4. The number of hydrogen-bond donors (Lipinski definition) is 2. The Morgan fingerprint density at radius 2 is 1.70 bits per heavy atom. The van der Waals surface area contributed by atoms with Crippen LogP contribution in [-0.4, -0.2) is 39.7 Å². The minimum Gasteiger partial charge on any atom is -0.315 e. The van der Waals surface area contributed by atoms with E-state index in [1.165, 1.54) is 4.90 Å². The Balaban J connectivity index is 1.55. The molecule has 10 heteroatoms. The van der Waals surface area contributed by atoms with E-state index in [1.807, 2.05) is 37.3 Å². The van der Waals surface area contributed by atoms with Crippen molar-refractivity contribution in [3.8, 4) is 16.9 Å². The highest BCUT2D eigenvalue weighted by Gasteiger charge is 2.20. The Morgan fingerprint density at radius 3 is 2.38 bits per heavy atom. The van der Waals surface area contributed by atoms with Crippen LogP contribution in [-0.2, 0) is 4.79 Å². The fraction of sp³-hybridized carbons (Fsp3) is 0.148. The van der Waals surface area contributed by atoms with Gasteiger partial charge in [0.1, 0.15) is 24.0 Å². The molecule has 0 aliphatic heterocycles. The molecule has 2 N–H and O–H groups in total. The monoisotopic (exact) mass is 523 g/mol. The molecular weight excluding hydrogens is 500 g/mol. The molecule has 0 fully saturated rings. The standard InChI is InChI=1S/C27H24ClF2N5O2/c1-2-14-34(27(37)31-23-13-10-20(29)15-22(23)30)17-26(36)32-25-16-24(18-6-4-3-5-7-18)33-35(25)21-11-8-19(28)9-12-21/h3-13,15-16H,2,14,17H2,1H3,(H,31,37)(H,32,36). The second-order valence-corrected chi connectivity index (χ2v) is 8.63. The lowest BCUT2D eigenvalue weighted by Gasteiger charge is -2.22. The van der Waals surface area contributed by atoms with Crippen LogP contribution < -0.4 is 10.6 Å². The summed E-state index contributed by atoms with van der Waals surface area (Å²) in [5.41, 5.74) is 2.00. The average molecular weight is 524 g/mol. The maximum Gasteiger partial charge on any atom is 0.322 e. The molecule has 3 amide bonds. The number of benzene rings is 3. The van der Waals surface area contributed by atoms with Gasteiger partial charge >= 0.3 is 6.03 Å². The van der Waals surface area contributed by atoms with Crippen LogP contribution in [0.2, 0.25) is 5.02 Å². The van der Waals surface area contributed by atoms with Gasteiger partial charge in [-0.2, -0.15) is 5.10 Å². The summed E-state index contributed by atoms with van der Waals surface area (Å²) >= 11 is 6.03. The molecule has 0 aliphatic rings. The lowest BCUT2D eigenvalue weighted by atomic mass is 10.1. The van der Waals surface area contributed by atoms with Crippen LogP contribution in [0.4, 0.5) is 25.1 Å². The number of rotatable bonds is 8. The molecule has 0 atom stereocenters. The van der Waals surface area contributed by atoms with E-state index in [4.69, 9.17) is 11.6 Å². The van der Waals surface area contributed by atoms with Crippen molar-refractivity contribution < 1.29 is 18.4 Å². The van der Waals surface area contributed by atoms with Gasteiger partial charge < -0.3 is 15.5 Å². The molecule has 3 aromatic carbocycles. The van der Waals surface area contributed by atoms with Gasteiger partial charge in [-0.25, -0.2) is 18.3 Å². The van der Waals surface area contributed by atoms with Gasteiger partial charge in [0.25, 0.3) is 0 Å². The van der Waals surface area contributed by atoms with Crippen LogP contribution >= 0.6 is 11.6 Å². The molecule has 0 saturated carbocycles. The molecule has 37 heavy (non-hydrogen) atoms. The van der Waals surface area contributed by atoms with E-state index < -0.39 is 23.6 Å². The molecule has 0 saturated heterocycles. The zero-order valence-corrected chi connectivity index (χ0v) is 20.7. The van der Waals surface area contributed by atoms with Gasteiger partial charge in [-0.3, -0.25) is 4.79 Å². The summed E-state index contributed by atoms with van der Waals surface area (Å²) in [5, 5.41) is 10.4. The van der Waals surface area contributed by atoms with Crippen LogP contribution in [0.25, 0.3) is 16.9 Å². The third-order valence-corrected chi connectivity index (χ3v) is 5.66. The normalized spacial score (nSPS) is 10.7. The number of carbonyl (C=O) groups is 2. The predicted octanol–water partition coefficient (Wildman–Crippen LogP) is 6.35. The molecule has 0 bridgehead atoms. The smallest absolute Gasteiger partial charge is 0.315 e. The van der Waals surface area contributed by atoms with Crippen molar-refractivity contribution in [3.05, 3.63) is 95.5 Å². The minimum atomic E-state index is -0.908. The van der Waals surface area contributed by atoms with Crippen molar-refractivity contribution in [2.24, 2.45) is 0 Å². The quantitative estimate of drug-likeness (QED) is 0.282. The predicted molar refractivity (Wildman–Crippen MR) is 140 cm³/mol. The fourth-order valence-electron chi connectivity index (χ4n) is 3.66. The number of halogens is 3. The van der Waals surface area contributed by atoms with Gasteiger partial charge in [0.05, 0.1) is 17.1 Å². The number of nitrogens with zero attached hydrogens (tertiary/aromatic N) is 3. The number of urea groups is 1. The third kappa shape index (κ3) is 6.50. The first-order valence-electron chi connectivity index (χ1n) is 11.6. The lowest BCUT2D eigenvalue weighted by molar-refractivity contribution is -0.116. The molecule has 4 rings (SSSR count). The summed E-state index contributed by atoms with van der Waals surface area (Å²) in [6.07, 6.45) is 0.563. The zero-order chi connectivity index (χ0) is 26.4. The van der Waals surface area contributed by atoms with Crippen LogP contribution in [0.15, 0.2) is 78.9 Å². The second-order valence-electron chi connectivity index (χ2n) is 8.19. The van der Waals surface area contributed by atoms with E-state index in [0.717, 1.165) is 17.7 Å². The average Bonchev–Trinajstić information content (AvgIpc) is 3.30. The van der Waals surface area contributed by atoms with E-state index in [0.29, 0.717) is 34.7 Å². The first kappa shape index (κ1) is 25.8. The fourth-order valence-corrected chi connectivity index (χ4v) is 3.79. The Labute approximate surface area is 217 Å². The molecule has 4 aromatic rings. The molecule has 1 heterocycles. The molecular formula is C27H24ClF2N5O2. The summed E-state index contributed by atoms with van der Waals surface area (Å²) in [7, 11) is 0. The van der Waals surface area contributed by atoms with Crippen molar-refractivity contribution in [1.29, 1.82) is 0 Å². The Bertz CT molecular complexity index is 1390. The van der Waals surface area contributed by atoms with Crippen molar-refractivity contribution in [2.45, 2.75) is 13.3 Å². The number of carbonyl (C=O) groups excluding carboxylic acids is 2. The van der Waals surface area contributed by atoms with Crippen molar-refractivity contribution in [1.82, 2.24) is 14.7 Å². The summed E-state index contributed by atoms with van der Waals surface area (Å²) in [4.78, 5) is 27.1. The highest BCUT2D eigenvalue weighted by Crippen LogP contribution is 2.25. The zero-order valence-electron chi connectivity index (χ0n) is 19.9. The number of anilines is 2. The van der Waals surface area contributed by atoms with E-state index in [-0.39, 0.29) is 18.8 Å². The largest absolute Gasteiger partial charge is 0.322 e. The van der Waals surface area contributed by atoms with E-state index in [9.17, 15) is 18.4 Å². The van der Waals surface area contributed by atoms with Crippen molar-refractivity contribution in [3.63, 3.8) is 0 Å². The Kier molecular flexibility index (Phi) is 8.15. The number of hydrogen-bond acceptors (Lipinski definition) is 3. The maximum atomic E-state index is 14.0. The number of amides is 3. The molecule has 190 valence electrons. The first-order valence-corrected chi connectivity index (χ1v) is 11.9.